The molecule has 2 aromatic rings. The molecule has 6 heteroatoms. The molecule has 98 valence electrons. The van der Waals surface area contributed by atoms with Gasteiger partial charge >= 0.3 is 0 Å². The first-order valence-electron chi connectivity index (χ1n) is 5.51. The van der Waals surface area contributed by atoms with E-state index in [0.717, 1.165) is 12.1 Å². The van der Waals surface area contributed by atoms with Gasteiger partial charge in [0.15, 0.2) is 0 Å². The van der Waals surface area contributed by atoms with Gasteiger partial charge in [-0.2, -0.15) is 5.10 Å². The molecule has 0 aliphatic heterocycles. The molecule has 0 atom stereocenters. The fraction of sp³-hybridized carbons (Fsp3) is 0.0769. The zero-order valence-electron chi connectivity index (χ0n) is 10.1. The van der Waals surface area contributed by atoms with Gasteiger partial charge in [0.1, 0.15) is 17.3 Å². The van der Waals surface area contributed by atoms with Crippen LogP contribution in [0.4, 0.5) is 8.78 Å². The lowest BCUT2D eigenvalue weighted by atomic mass is 10.1. The standard InChI is InChI=1S/C13H11F2N3O/c1-8(10-5-4-9(14)7-11(10)15)17-18-13(19)12-3-2-6-16-12/h2-7,16H,1H3,(H,18,19)/b17-8-. The van der Waals surface area contributed by atoms with E-state index in [0.29, 0.717) is 5.69 Å². The van der Waals surface area contributed by atoms with E-state index >= 15 is 0 Å². The average Bonchev–Trinajstić information content (AvgIpc) is 2.89. The number of aromatic nitrogens is 1. The summed E-state index contributed by atoms with van der Waals surface area (Å²) in [6, 6.07) is 6.42. The number of nitrogens with zero attached hydrogens (tertiary/aromatic N) is 1. The minimum Gasteiger partial charge on any atom is -0.357 e. The van der Waals surface area contributed by atoms with Crippen molar-refractivity contribution in [2.24, 2.45) is 5.10 Å². The summed E-state index contributed by atoms with van der Waals surface area (Å²) in [5.41, 5.74) is 3.01. The summed E-state index contributed by atoms with van der Waals surface area (Å²) in [7, 11) is 0. The normalized spacial score (nSPS) is 11.4. The molecule has 0 saturated heterocycles. The molecule has 19 heavy (non-hydrogen) atoms. The maximum atomic E-state index is 13.5. The maximum Gasteiger partial charge on any atom is 0.287 e. The summed E-state index contributed by atoms with van der Waals surface area (Å²) >= 11 is 0. The van der Waals surface area contributed by atoms with Crippen LogP contribution in [0.3, 0.4) is 0 Å². The topological polar surface area (TPSA) is 57.2 Å². The summed E-state index contributed by atoms with van der Waals surface area (Å²) < 4.78 is 26.2. The highest BCUT2D eigenvalue weighted by Gasteiger charge is 2.08. The number of hydrogen-bond donors (Lipinski definition) is 2. The number of benzene rings is 1. The Hall–Kier alpha value is -2.50. The quantitative estimate of drug-likeness (QED) is 0.648. The Morgan fingerprint density at radius 1 is 1.32 bits per heavy atom. The summed E-state index contributed by atoms with van der Waals surface area (Å²) in [6.45, 7) is 1.52. The molecule has 4 nitrogen and oxygen atoms in total. The fourth-order valence-corrected chi connectivity index (χ4v) is 1.51. The van der Waals surface area contributed by atoms with Crippen LogP contribution in [0.2, 0.25) is 0 Å². The largest absolute Gasteiger partial charge is 0.357 e. The van der Waals surface area contributed by atoms with Gasteiger partial charge in [-0.05, 0) is 31.2 Å². The third kappa shape index (κ3) is 3.04. The van der Waals surface area contributed by atoms with E-state index in [2.05, 4.69) is 15.5 Å². The number of hydrogen-bond acceptors (Lipinski definition) is 2. The lowest BCUT2D eigenvalue weighted by molar-refractivity contribution is 0.0950. The van der Waals surface area contributed by atoms with Crippen molar-refractivity contribution in [1.29, 1.82) is 0 Å². The van der Waals surface area contributed by atoms with E-state index in [1.807, 2.05) is 0 Å². The van der Waals surface area contributed by atoms with Crippen LogP contribution in [0, 0.1) is 11.6 Å². The first-order chi connectivity index (χ1) is 9.08. The van der Waals surface area contributed by atoms with Gasteiger partial charge in [-0.25, -0.2) is 14.2 Å². The van der Waals surface area contributed by atoms with Crippen molar-refractivity contribution in [2.45, 2.75) is 6.92 Å². The number of carbonyl (C=O) groups excluding carboxylic acids is 1. The molecule has 0 radical (unpaired) electrons. The summed E-state index contributed by atoms with van der Waals surface area (Å²) in [4.78, 5) is 14.3. The third-order valence-corrected chi connectivity index (χ3v) is 2.49. The molecule has 1 aromatic carbocycles. The van der Waals surface area contributed by atoms with Gasteiger partial charge in [-0.1, -0.05) is 0 Å². The van der Waals surface area contributed by atoms with Gasteiger partial charge in [-0.3, -0.25) is 4.79 Å². The number of rotatable bonds is 3. The predicted molar refractivity (Wildman–Crippen MR) is 66.8 cm³/mol. The van der Waals surface area contributed by atoms with Crippen LogP contribution in [0.25, 0.3) is 0 Å². The number of amides is 1. The van der Waals surface area contributed by atoms with E-state index in [1.54, 1.807) is 18.3 Å². The highest BCUT2D eigenvalue weighted by atomic mass is 19.1. The van der Waals surface area contributed by atoms with E-state index in [1.165, 1.54) is 13.0 Å². The number of aromatic amines is 1. The third-order valence-electron chi connectivity index (χ3n) is 2.49. The van der Waals surface area contributed by atoms with Gasteiger partial charge in [0.2, 0.25) is 0 Å². The minimum atomic E-state index is -0.727. The number of halogens is 2. The number of hydrazone groups is 1. The first kappa shape index (κ1) is 12.9. The molecule has 0 bridgehead atoms. The van der Waals surface area contributed by atoms with E-state index in [4.69, 9.17) is 0 Å². The number of carbonyl (C=O) groups is 1. The molecule has 0 saturated carbocycles. The van der Waals surface area contributed by atoms with Gasteiger partial charge in [0.05, 0.1) is 5.71 Å². The Labute approximate surface area is 108 Å². The van der Waals surface area contributed by atoms with Crippen molar-refractivity contribution in [1.82, 2.24) is 10.4 Å². The molecule has 1 amide bonds. The van der Waals surface area contributed by atoms with E-state index in [9.17, 15) is 13.6 Å². The van der Waals surface area contributed by atoms with Crippen LogP contribution in [0.1, 0.15) is 23.0 Å². The Morgan fingerprint density at radius 2 is 2.11 bits per heavy atom. The van der Waals surface area contributed by atoms with Crippen LogP contribution < -0.4 is 5.43 Å². The van der Waals surface area contributed by atoms with Crippen molar-refractivity contribution in [3.05, 3.63) is 59.4 Å². The molecule has 1 aromatic heterocycles. The van der Waals surface area contributed by atoms with Crippen LogP contribution >= 0.6 is 0 Å². The predicted octanol–water partition coefficient (Wildman–Crippen LogP) is 2.45. The van der Waals surface area contributed by atoms with Crippen molar-refractivity contribution in [3.8, 4) is 0 Å². The Kier molecular flexibility index (Phi) is 3.70. The second-order valence-electron chi connectivity index (χ2n) is 3.85. The molecule has 0 aliphatic carbocycles. The maximum absolute atomic E-state index is 13.5. The van der Waals surface area contributed by atoms with E-state index < -0.39 is 17.5 Å². The molecule has 1 heterocycles. The summed E-state index contributed by atoms with van der Waals surface area (Å²) in [5.74, 6) is -1.83. The smallest absolute Gasteiger partial charge is 0.287 e. The van der Waals surface area contributed by atoms with Gasteiger partial charge < -0.3 is 4.98 Å². The molecule has 0 unspecified atom stereocenters. The average molecular weight is 263 g/mol. The van der Waals surface area contributed by atoms with Crippen LogP contribution in [0.15, 0.2) is 41.6 Å². The minimum absolute atomic E-state index is 0.133. The van der Waals surface area contributed by atoms with Gasteiger partial charge in [-0.15, -0.1) is 0 Å². The monoisotopic (exact) mass is 263 g/mol. The van der Waals surface area contributed by atoms with Crippen LogP contribution in [-0.4, -0.2) is 16.6 Å². The zero-order valence-corrected chi connectivity index (χ0v) is 10.1. The second-order valence-corrected chi connectivity index (χ2v) is 3.85. The van der Waals surface area contributed by atoms with Crippen molar-refractivity contribution >= 4 is 11.6 Å². The number of H-pyrrole nitrogens is 1. The first-order valence-corrected chi connectivity index (χ1v) is 5.51. The molecule has 2 N–H and O–H groups in total. The molecule has 2 rings (SSSR count). The zero-order chi connectivity index (χ0) is 13.8. The second kappa shape index (κ2) is 5.43. The summed E-state index contributed by atoms with van der Waals surface area (Å²) in [6.07, 6.45) is 1.60. The van der Waals surface area contributed by atoms with Crippen molar-refractivity contribution in [2.75, 3.05) is 0 Å². The Morgan fingerprint density at radius 3 is 2.74 bits per heavy atom. The van der Waals surface area contributed by atoms with E-state index in [-0.39, 0.29) is 11.3 Å². The van der Waals surface area contributed by atoms with Crippen molar-refractivity contribution in [3.63, 3.8) is 0 Å². The Bertz CT molecular complexity index is 621. The highest BCUT2D eigenvalue weighted by molar-refractivity contribution is 6.00. The van der Waals surface area contributed by atoms with Crippen molar-refractivity contribution < 1.29 is 13.6 Å². The summed E-state index contributed by atoms with van der Waals surface area (Å²) in [5, 5.41) is 3.78. The number of nitrogens with one attached hydrogen (secondary N) is 2. The molecule has 0 spiro atoms. The molecule has 0 aliphatic rings. The molecular weight excluding hydrogens is 252 g/mol. The lowest BCUT2D eigenvalue weighted by Crippen LogP contribution is -2.19. The van der Waals surface area contributed by atoms with Gasteiger partial charge in [0, 0.05) is 17.8 Å². The lowest BCUT2D eigenvalue weighted by Gasteiger charge is -2.03. The van der Waals surface area contributed by atoms with Crippen LogP contribution in [-0.2, 0) is 0 Å². The van der Waals surface area contributed by atoms with Gasteiger partial charge in [0.25, 0.3) is 5.91 Å². The highest BCUT2D eigenvalue weighted by Crippen LogP contribution is 2.10. The SMILES string of the molecule is C/C(=N/NC(=O)c1ccc[nH]1)c1ccc(F)cc1F. The Balaban J connectivity index is 2.13. The fourth-order valence-electron chi connectivity index (χ4n) is 1.51. The molecular formula is C13H11F2N3O. The molecule has 0 fully saturated rings. The van der Waals surface area contributed by atoms with Crippen LogP contribution in [0.5, 0.6) is 0 Å².